The maximum Gasteiger partial charge on any atom is 0.335 e. The Bertz CT molecular complexity index is 874. The number of nitrogens with zero attached hydrogens (tertiary/aromatic N) is 1. The molecule has 2 aromatic rings. The Balaban J connectivity index is 1.53. The van der Waals surface area contributed by atoms with E-state index in [1.54, 1.807) is 24.3 Å². The minimum Gasteiger partial charge on any atom is -0.478 e. The molecule has 2 heterocycles. The highest BCUT2D eigenvalue weighted by atomic mass is 35.5. The van der Waals surface area contributed by atoms with Gasteiger partial charge in [0.05, 0.1) is 16.0 Å². The van der Waals surface area contributed by atoms with Crippen LogP contribution in [0.4, 0.5) is 5.69 Å². The molecule has 2 N–H and O–H groups in total. The van der Waals surface area contributed by atoms with E-state index in [0.717, 1.165) is 5.56 Å². The van der Waals surface area contributed by atoms with Gasteiger partial charge in [0.25, 0.3) is 0 Å². The number of rotatable bonds is 3. The summed E-state index contributed by atoms with van der Waals surface area (Å²) in [5.41, 5.74) is 1.02. The van der Waals surface area contributed by atoms with Gasteiger partial charge in [-0.3, -0.25) is 4.79 Å². The lowest BCUT2D eigenvalue weighted by atomic mass is 9.69. The number of carbonyl (C=O) groups excluding carboxylic acids is 1. The van der Waals surface area contributed by atoms with E-state index >= 15 is 0 Å². The average Bonchev–Trinajstić information content (AvgIpc) is 2.90. The molecule has 4 rings (SSSR count). The van der Waals surface area contributed by atoms with Gasteiger partial charge < -0.3 is 15.2 Å². The van der Waals surface area contributed by atoms with E-state index in [-0.39, 0.29) is 17.6 Å². The molecule has 1 aromatic carbocycles. The third kappa shape index (κ3) is 2.80. The first-order valence-corrected chi connectivity index (χ1v) is 8.83. The summed E-state index contributed by atoms with van der Waals surface area (Å²) in [5.74, 6) is -0.536. The summed E-state index contributed by atoms with van der Waals surface area (Å²) >= 11 is 5.83. The fourth-order valence-electron chi connectivity index (χ4n) is 3.85. The maximum absolute atomic E-state index is 12.7. The van der Waals surface area contributed by atoms with E-state index in [4.69, 9.17) is 16.3 Å². The van der Waals surface area contributed by atoms with Crippen molar-refractivity contribution in [2.75, 3.05) is 5.32 Å². The van der Waals surface area contributed by atoms with Gasteiger partial charge in [0, 0.05) is 18.0 Å². The Morgan fingerprint density at radius 2 is 2.04 bits per heavy atom. The first-order chi connectivity index (χ1) is 12.5. The second-order valence-electron chi connectivity index (χ2n) is 6.73. The number of pyridine rings is 1. The number of nitrogens with one attached hydrogen (secondary N) is 1. The second-order valence-corrected chi connectivity index (χ2v) is 7.17. The van der Waals surface area contributed by atoms with Crippen LogP contribution < -0.4 is 10.1 Å². The van der Waals surface area contributed by atoms with Gasteiger partial charge in [-0.25, -0.2) is 9.78 Å². The standard InChI is InChI=1S/C19H17ClN2O4/c20-12-2-4-16(21-10-12)26-13-5-7-19(8-6-13)14-9-11(17(23)24)1-3-15(14)22-18(19)25/h1-4,9-10,13H,5-8H2,(H,22,25)(H,23,24)/t13-,19-. The van der Waals surface area contributed by atoms with Gasteiger partial charge in [-0.2, -0.15) is 0 Å². The molecular formula is C19H17ClN2O4. The number of ether oxygens (including phenoxy) is 1. The van der Waals surface area contributed by atoms with Crippen molar-refractivity contribution in [1.82, 2.24) is 4.98 Å². The SMILES string of the molecule is O=C(O)c1ccc2c(c1)[C@]1(CC[C@@H](Oc3ccc(Cl)cn3)CC1)C(=O)N2. The number of hydrogen-bond donors (Lipinski definition) is 2. The topological polar surface area (TPSA) is 88.5 Å². The molecule has 7 heteroatoms. The van der Waals surface area contributed by atoms with Gasteiger partial charge >= 0.3 is 5.97 Å². The summed E-state index contributed by atoms with van der Waals surface area (Å²) in [7, 11) is 0. The smallest absolute Gasteiger partial charge is 0.335 e. The fourth-order valence-corrected chi connectivity index (χ4v) is 3.96. The fraction of sp³-hybridized carbons (Fsp3) is 0.316. The number of benzene rings is 1. The van der Waals surface area contributed by atoms with Crippen molar-refractivity contribution in [2.24, 2.45) is 0 Å². The lowest BCUT2D eigenvalue weighted by Gasteiger charge is -2.35. The number of carboxylic acids is 1. The highest BCUT2D eigenvalue weighted by Gasteiger charge is 2.49. The molecule has 1 amide bonds. The molecule has 1 aliphatic carbocycles. The summed E-state index contributed by atoms with van der Waals surface area (Å²) in [6.07, 6.45) is 4.09. The summed E-state index contributed by atoms with van der Waals surface area (Å²) in [6.45, 7) is 0. The Hall–Kier alpha value is -2.60. The molecule has 26 heavy (non-hydrogen) atoms. The number of fused-ring (bicyclic) bond motifs is 2. The van der Waals surface area contributed by atoms with Crippen molar-refractivity contribution in [3.8, 4) is 5.88 Å². The molecule has 1 saturated carbocycles. The van der Waals surface area contributed by atoms with Gasteiger partial charge in [-0.1, -0.05) is 11.6 Å². The summed E-state index contributed by atoms with van der Waals surface area (Å²) in [4.78, 5) is 28.1. The first-order valence-electron chi connectivity index (χ1n) is 8.45. The zero-order valence-corrected chi connectivity index (χ0v) is 14.6. The van der Waals surface area contributed by atoms with Crippen LogP contribution in [0.1, 0.15) is 41.6 Å². The predicted molar refractivity (Wildman–Crippen MR) is 95.8 cm³/mol. The van der Waals surface area contributed by atoms with E-state index < -0.39 is 11.4 Å². The summed E-state index contributed by atoms with van der Waals surface area (Å²) < 4.78 is 5.90. The van der Waals surface area contributed by atoms with E-state index in [1.165, 1.54) is 12.3 Å². The third-order valence-electron chi connectivity index (χ3n) is 5.24. The van der Waals surface area contributed by atoms with Crippen molar-refractivity contribution >= 4 is 29.2 Å². The predicted octanol–water partition coefficient (Wildman–Crippen LogP) is 3.64. The second kappa shape index (κ2) is 6.29. The minimum atomic E-state index is -0.992. The quantitative estimate of drug-likeness (QED) is 0.858. The van der Waals surface area contributed by atoms with Crippen LogP contribution in [0.15, 0.2) is 36.5 Å². The van der Waals surface area contributed by atoms with Crippen LogP contribution in [0.5, 0.6) is 5.88 Å². The van der Waals surface area contributed by atoms with E-state index in [9.17, 15) is 14.7 Å². The van der Waals surface area contributed by atoms with E-state index in [1.807, 2.05) is 0 Å². The van der Waals surface area contributed by atoms with Crippen LogP contribution in [-0.2, 0) is 10.2 Å². The van der Waals surface area contributed by atoms with Crippen LogP contribution in [0.25, 0.3) is 0 Å². The monoisotopic (exact) mass is 372 g/mol. The third-order valence-corrected chi connectivity index (χ3v) is 5.46. The lowest BCUT2D eigenvalue weighted by Crippen LogP contribution is -2.41. The summed E-state index contributed by atoms with van der Waals surface area (Å²) in [6, 6.07) is 8.26. The number of hydrogen-bond acceptors (Lipinski definition) is 4. The molecule has 1 aliphatic heterocycles. The number of carboxylic acid groups (broad SMARTS) is 1. The Kier molecular flexibility index (Phi) is 4.07. The number of amides is 1. The van der Waals surface area contributed by atoms with Gasteiger partial charge in [-0.05, 0) is 55.5 Å². The van der Waals surface area contributed by atoms with Crippen LogP contribution in [0.2, 0.25) is 5.02 Å². The van der Waals surface area contributed by atoms with Crippen LogP contribution >= 0.6 is 11.6 Å². The molecule has 0 saturated heterocycles. The van der Waals surface area contributed by atoms with Crippen molar-refractivity contribution in [2.45, 2.75) is 37.2 Å². The van der Waals surface area contributed by atoms with Gasteiger partial charge in [0.15, 0.2) is 0 Å². The molecule has 1 fully saturated rings. The normalized spacial score (nSPS) is 24.2. The molecule has 0 radical (unpaired) electrons. The van der Waals surface area contributed by atoms with Crippen LogP contribution in [-0.4, -0.2) is 28.1 Å². The molecule has 6 nitrogen and oxygen atoms in total. The highest BCUT2D eigenvalue weighted by Crippen LogP contribution is 2.48. The molecule has 0 atom stereocenters. The molecule has 134 valence electrons. The van der Waals surface area contributed by atoms with Gasteiger partial charge in [0.2, 0.25) is 11.8 Å². The molecule has 1 spiro atoms. The molecule has 0 unspecified atom stereocenters. The Morgan fingerprint density at radius 1 is 1.27 bits per heavy atom. The number of halogens is 1. The molecular weight excluding hydrogens is 356 g/mol. The Labute approximate surface area is 155 Å². The first kappa shape index (κ1) is 16.8. The number of carbonyl (C=O) groups is 2. The molecule has 2 aliphatic rings. The van der Waals surface area contributed by atoms with Gasteiger partial charge in [-0.15, -0.1) is 0 Å². The van der Waals surface area contributed by atoms with Crippen LogP contribution in [0.3, 0.4) is 0 Å². The zero-order valence-electron chi connectivity index (χ0n) is 13.9. The van der Waals surface area contributed by atoms with Crippen molar-refractivity contribution in [3.63, 3.8) is 0 Å². The maximum atomic E-state index is 12.7. The Morgan fingerprint density at radius 3 is 2.69 bits per heavy atom. The zero-order chi connectivity index (χ0) is 18.3. The van der Waals surface area contributed by atoms with E-state index in [2.05, 4.69) is 10.3 Å². The average molecular weight is 373 g/mol. The van der Waals surface area contributed by atoms with Crippen molar-refractivity contribution < 1.29 is 19.4 Å². The van der Waals surface area contributed by atoms with Crippen LogP contribution in [0, 0.1) is 0 Å². The molecule has 1 aromatic heterocycles. The van der Waals surface area contributed by atoms with Crippen molar-refractivity contribution in [1.29, 1.82) is 0 Å². The highest BCUT2D eigenvalue weighted by molar-refractivity contribution is 6.30. The minimum absolute atomic E-state index is 0.0335. The number of aromatic nitrogens is 1. The van der Waals surface area contributed by atoms with Gasteiger partial charge in [0.1, 0.15) is 6.10 Å². The summed E-state index contributed by atoms with van der Waals surface area (Å²) in [5, 5.41) is 12.7. The van der Waals surface area contributed by atoms with E-state index in [0.29, 0.717) is 42.3 Å². The number of anilines is 1. The lowest BCUT2D eigenvalue weighted by molar-refractivity contribution is -0.122. The number of aromatic carboxylic acids is 1. The molecule has 0 bridgehead atoms. The largest absolute Gasteiger partial charge is 0.478 e. The van der Waals surface area contributed by atoms with Crippen molar-refractivity contribution in [3.05, 3.63) is 52.7 Å².